The molecule has 2 amide bonds. The number of amides is 2. The lowest BCUT2D eigenvalue weighted by atomic mass is 10.0. The summed E-state index contributed by atoms with van der Waals surface area (Å²) >= 11 is 0. The van der Waals surface area contributed by atoms with Crippen molar-refractivity contribution in [1.82, 2.24) is 0 Å². The maximum Gasteiger partial charge on any atom is 0.269 e. The highest BCUT2D eigenvalue weighted by Gasteiger charge is 2.22. The third kappa shape index (κ3) is 2.38. The molecular weight excluding hydrogens is 322 g/mol. The highest BCUT2D eigenvalue weighted by Crippen LogP contribution is 2.37. The molecule has 0 fully saturated rings. The Bertz CT molecular complexity index is 1060. The highest BCUT2D eigenvalue weighted by molar-refractivity contribution is 6.26. The molecule has 0 aliphatic carbocycles. The summed E-state index contributed by atoms with van der Waals surface area (Å²) in [5.41, 5.74) is 2.08. The molecule has 0 spiro atoms. The van der Waals surface area contributed by atoms with E-state index >= 15 is 0 Å². The molecule has 0 saturated carbocycles. The fourth-order valence-electron chi connectivity index (χ4n) is 2.93. The lowest BCUT2D eigenvalue weighted by molar-refractivity contribution is -0.384. The first-order valence-corrected chi connectivity index (χ1v) is 7.47. The van der Waals surface area contributed by atoms with Gasteiger partial charge in [0.15, 0.2) is 0 Å². The summed E-state index contributed by atoms with van der Waals surface area (Å²) in [6.07, 6.45) is 0. The van der Waals surface area contributed by atoms with E-state index in [9.17, 15) is 19.7 Å². The number of benzene rings is 3. The number of non-ortho nitro benzene ring substituents is 1. The Labute approximate surface area is 141 Å². The maximum absolute atomic E-state index is 12.4. The quantitative estimate of drug-likeness (QED) is 0.565. The van der Waals surface area contributed by atoms with Crippen LogP contribution in [0.1, 0.15) is 20.7 Å². The molecule has 7 nitrogen and oxygen atoms in total. The van der Waals surface area contributed by atoms with Crippen LogP contribution in [-0.2, 0) is 0 Å². The van der Waals surface area contributed by atoms with Gasteiger partial charge < -0.3 is 10.6 Å². The Balaban J connectivity index is 1.70. The van der Waals surface area contributed by atoms with E-state index in [2.05, 4.69) is 10.6 Å². The normalized spacial score (nSPS) is 12.1. The van der Waals surface area contributed by atoms with E-state index in [1.54, 1.807) is 24.3 Å². The van der Waals surface area contributed by atoms with Crippen LogP contribution in [0, 0.1) is 10.1 Å². The van der Waals surface area contributed by atoms with Crippen molar-refractivity contribution in [2.24, 2.45) is 0 Å². The van der Waals surface area contributed by atoms with Crippen LogP contribution in [0.15, 0.2) is 54.6 Å². The first-order chi connectivity index (χ1) is 12.0. The van der Waals surface area contributed by atoms with Crippen molar-refractivity contribution < 1.29 is 14.5 Å². The zero-order chi connectivity index (χ0) is 17.6. The molecule has 3 aromatic carbocycles. The van der Waals surface area contributed by atoms with Crippen LogP contribution in [0.2, 0.25) is 0 Å². The molecule has 122 valence electrons. The fraction of sp³-hybridized carbons (Fsp3) is 0. The van der Waals surface area contributed by atoms with Crippen LogP contribution in [0.4, 0.5) is 17.1 Å². The van der Waals surface area contributed by atoms with Gasteiger partial charge in [0.1, 0.15) is 0 Å². The molecular formula is C18H11N3O4. The molecule has 0 unspecified atom stereocenters. The molecule has 2 N–H and O–H groups in total. The molecule has 0 aromatic heterocycles. The standard InChI is InChI=1S/C18H11N3O4/c22-17(10-4-6-11(7-5-10)21(24)25)19-14-8-9-15-16-12(14)2-1-3-13(16)18(23)20-15/h1-9H,(H,19,22)(H,20,23). The third-order valence-electron chi connectivity index (χ3n) is 4.12. The van der Waals surface area contributed by atoms with Gasteiger partial charge in [-0.15, -0.1) is 0 Å². The van der Waals surface area contributed by atoms with Crippen LogP contribution >= 0.6 is 0 Å². The number of hydrogen-bond acceptors (Lipinski definition) is 4. The van der Waals surface area contributed by atoms with Gasteiger partial charge in [0.25, 0.3) is 17.5 Å². The summed E-state index contributed by atoms with van der Waals surface area (Å²) in [6, 6.07) is 14.1. The molecule has 25 heavy (non-hydrogen) atoms. The van der Waals surface area contributed by atoms with Gasteiger partial charge in [-0.05, 0) is 30.3 Å². The molecule has 3 aromatic rings. The molecule has 0 radical (unpaired) electrons. The predicted molar refractivity (Wildman–Crippen MR) is 93.0 cm³/mol. The number of rotatable bonds is 3. The van der Waals surface area contributed by atoms with Crippen LogP contribution in [0.5, 0.6) is 0 Å². The van der Waals surface area contributed by atoms with Crippen molar-refractivity contribution in [3.05, 3.63) is 75.8 Å². The first kappa shape index (κ1) is 14.8. The van der Waals surface area contributed by atoms with E-state index < -0.39 is 4.92 Å². The van der Waals surface area contributed by atoms with Gasteiger partial charge in [-0.3, -0.25) is 19.7 Å². The predicted octanol–water partition coefficient (Wildman–Crippen LogP) is 3.57. The van der Waals surface area contributed by atoms with E-state index in [0.717, 1.165) is 10.8 Å². The van der Waals surface area contributed by atoms with Crippen LogP contribution in [0.3, 0.4) is 0 Å². The number of nitrogens with one attached hydrogen (secondary N) is 2. The average Bonchev–Trinajstić information content (AvgIpc) is 2.95. The highest BCUT2D eigenvalue weighted by atomic mass is 16.6. The van der Waals surface area contributed by atoms with Gasteiger partial charge in [-0.1, -0.05) is 12.1 Å². The number of nitro benzene ring substituents is 1. The monoisotopic (exact) mass is 333 g/mol. The summed E-state index contributed by atoms with van der Waals surface area (Å²) in [7, 11) is 0. The minimum absolute atomic E-state index is 0.0773. The Morgan fingerprint density at radius 1 is 1.04 bits per heavy atom. The number of carbonyl (C=O) groups is 2. The molecule has 1 aliphatic rings. The second-order valence-electron chi connectivity index (χ2n) is 5.60. The lowest BCUT2D eigenvalue weighted by Gasteiger charge is -2.10. The van der Waals surface area contributed by atoms with Gasteiger partial charge in [0.2, 0.25) is 0 Å². The van der Waals surface area contributed by atoms with Crippen molar-refractivity contribution >= 4 is 39.6 Å². The Morgan fingerprint density at radius 2 is 1.80 bits per heavy atom. The van der Waals surface area contributed by atoms with Crippen LogP contribution in [-0.4, -0.2) is 16.7 Å². The van der Waals surface area contributed by atoms with Crippen LogP contribution in [0.25, 0.3) is 10.8 Å². The number of nitrogens with zero attached hydrogens (tertiary/aromatic N) is 1. The van der Waals surface area contributed by atoms with E-state index in [1.165, 1.54) is 24.3 Å². The second kappa shape index (κ2) is 5.41. The zero-order valence-electron chi connectivity index (χ0n) is 12.8. The summed E-state index contributed by atoms with van der Waals surface area (Å²) in [6.45, 7) is 0. The lowest BCUT2D eigenvalue weighted by Crippen LogP contribution is -2.12. The number of nitro groups is 1. The Kier molecular flexibility index (Phi) is 3.21. The van der Waals surface area contributed by atoms with Crippen molar-refractivity contribution in [1.29, 1.82) is 0 Å². The van der Waals surface area contributed by atoms with Gasteiger partial charge in [0.05, 0.1) is 4.92 Å². The van der Waals surface area contributed by atoms with E-state index in [1.807, 2.05) is 6.07 Å². The SMILES string of the molecule is O=C(Nc1ccc2c3c(cccc13)C(=O)N2)c1ccc([N+](=O)[O-])cc1. The molecule has 0 atom stereocenters. The van der Waals surface area contributed by atoms with Gasteiger partial charge >= 0.3 is 0 Å². The molecule has 0 bridgehead atoms. The fourth-order valence-corrected chi connectivity index (χ4v) is 2.93. The molecule has 4 rings (SSSR count). The van der Waals surface area contributed by atoms with Crippen molar-refractivity contribution in [2.75, 3.05) is 10.6 Å². The summed E-state index contributed by atoms with van der Waals surface area (Å²) in [5, 5.41) is 17.8. The van der Waals surface area contributed by atoms with Crippen molar-refractivity contribution in [3.63, 3.8) is 0 Å². The van der Waals surface area contributed by atoms with Crippen LogP contribution < -0.4 is 10.6 Å². The Morgan fingerprint density at radius 3 is 2.52 bits per heavy atom. The van der Waals surface area contributed by atoms with Gasteiger partial charge in [-0.25, -0.2) is 0 Å². The maximum atomic E-state index is 12.4. The molecule has 0 saturated heterocycles. The summed E-state index contributed by atoms with van der Waals surface area (Å²) < 4.78 is 0. The minimum atomic E-state index is -0.519. The second-order valence-corrected chi connectivity index (χ2v) is 5.60. The van der Waals surface area contributed by atoms with Crippen molar-refractivity contribution in [2.45, 2.75) is 0 Å². The Hall–Kier alpha value is -3.74. The van der Waals surface area contributed by atoms with E-state index in [4.69, 9.17) is 0 Å². The van der Waals surface area contributed by atoms with E-state index in [-0.39, 0.29) is 17.5 Å². The topological polar surface area (TPSA) is 101 Å². The smallest absolute Gasteiger partial charge is 0.269 e. The van der Waals surface area contributed by atoms with E-state index in [0.29, 0.717) is 22.5 Å². The third-order valence-corrected chi connectivity index (χ3v) is 4.12. The average molecular weight is 333 g/mol. The van der Waals surface area contributed by atoms with Gasteiger partial charge in [-0.2, -0.15) is 0 Å². The first-order valence-electron chi connectivity index (χ1n) is 7.47. The van der Waals surface area contributed by atoms with Crippen molar-refractivity contribution in [3.8, 4) is 0 Å². The molecule has 1 aliphatic heterocycles. The largest absolute Gasteiger partial charge is 0.321 e. The summed E-state index contributed by atoms with van der Waals surface area (Å²) in [4.78, 5) is 34.5. The molecule has 1 heterocycles. The number of carbonyl (C=O) groups excluding carboxylic acids is 2. The number of anilines is 2. The number of hydrogen-bond donors (Lipinski definition) is 2. The zero-order valence-corrected chi connectivity index (χ0v) is 12.8. The minimum Gasteiger partial charge on any atom is -0.321 e. The van der Waals surface area contributed by atoms with Gasteiger partial charge in [0, 0.05) is 45.4 Å². The molecule has 7 heteroatoms. The summed E-state index contributed by atoms with van der Waals surface area (Å²) in [5.74, 6) is -0.549.